The quantitative estimate of drug-likeness (QED) is 0.643. The van der Waals surface area contributed by atoms with E-state index in [4.69, 9.17) is 26.2 Å². The maximum absolute atomic E-state index is 11.6. The number of nitrogens with one attached hydrogen (secondary N) is 1. The molecule has 2 aromatic carbocycles. The van der Waals surface area contributed by atoms with E-state index in [1.165, 1.54) is 0 Å². The van der Waals surface area contributed by atoms with E-state index in [1.807, 2.05) is 31.2 Å². The molecule has 0 bridgehead atoms. The van der Waals surface area contributed by atoms with Crippen molar-refractivity contribution in [3.8, 4) is 11.5 Å². The molecule has 27 heavy (non-hydrogen) atoms. The maximum Gasteiger partial charge on any atom is 0.303 e. The van der Waals surface area contributed by atoms with Crippen molar-refractivity contribution in [1.82, 2.24) is 5.32 Å². The highest BCUT2D eigenvalue weighted by atomic mass is 35.5. The molecular formula is C20H22ClNO5. The van der Waals surface area contributed by atoms with Gasteiger partial charge < -0.3 is 19.9 Å². The van der Waals surface area contributed by atoms with Crippen LogP contribution in [-0.2, 0) is 22.7 Å². The van der Waals surface area contributed by atoms with Crippen LogP contribution in [0.25, 0.3) is 0 Å². The molecule has 2 rings (SSSR count). The molecule has 6 nitrogen and oxygen atoms in total. The minimum absolute atomic E-state index is 0.0489. The average molecular weight is 392 g/mol. The van der Waals surface area contributed by atoms with Gasteiger partial charge >= 0.3 is 5.97 Å². The van der Waals surface area contributed by atoms with Gasteiger partial charge in [-0.15, -0.1) is 0 Å². The van der Waals surface area contributed by atoms with Crippen LogP contribution in [0.2, 0.25) is 5.02 Å². The molecule has 0 aliphatic carbocycles. The first-order chi connectivity index (χ1) is 13.0. The third kappa shape index (κ3) is 6.83. The van der Waals surface area contributed by atoms with Crippen molar-refractivity contribution in [2.45, 2.75) is 32.9 Å². The molecule has 2 N–H and O–H groups in total. The van der Waals surface area contributed by atoms with E-state index in [2.05, 4.69) is 5.32 Å². The molecule has 0 saturated heterocycles. The van der Waals surface area contributed by atoms with Crippen LogP contribution in [0.15, 0.2) is 42.5 Å². The number of halogens is 1. The SMILES string of the molecule is CCOc1cc(CNC(=O)CCC(=O)O)ccc1OCc1ccccc1Cl. The number of carboxylic acid groups (broad SMARTS) is 1. The van der Waals surface area contributed by atoms with Gasteiger partial charge in [-0.1, -0.05) is 35.9 Å². The second-order valence-corrected chi connectivity index (χ2v) is 6.17. The Labute approximate surface area is 163 Å². The van der Waals surface area contributed by atoms with Crippen LogP contribution < -0.4 is 14.8 Å². The summed E-state index contributed by atoms with van der Waals surface area (Å²) in [7, 11) is 0. The number of amides is 1. The minimum atomic E-state index is -0.996. The number of ether oxygens (including phenoxy) is 2. The molecule has 2 aromatic rings. The highest BCUT2D eigenvalue weighted by Crippen LogP contribution is 2.30. The number of rotatable bonds is 10. The molecule has 0 spiro atoms. The Morgan fingerprint density at radius 3 is 2.56 bits per heavy atom. The van der Waals surface area contributed by atoms with Gasteiger partial charge in [0.25, 0.3) is 0 Å². The fourth-order valence-electron chi connectivity index (χ4n) is 2.33. The molecule has 0 fully saturated rings. The Morgan fingerprint density at radius 2 is 1.85 bits per heavy atom. The number of carbonyl (C=O) groups excluding carboxylic acids is 1. The fourth-order valence-corrected chi connectivity index (χ4v) is 2.52. The average Bonchev–Trinajstić information content (AvgIpc) is 2.65. The van der Waals surface area contributed by atoms with E-state index < -0.39 is 5.97 Å². The first kappa shape index (κ1) is 20.6. The van der Waals surface area contributed by atoms with Crippen LogP contribution in [0.4, 0.5) is 0 Å². The molecule has 1 amide bonds. The molecule has 0 heterocycles. The van der Waals surface area contributed by atoms with Gasteiger partial charge in [0.1, 0.15) is 6.61 Å². The third-order valence-electron chi connectivity index (χ3n) is 3.70. The lowest BCUT2D eigenvalue weighted by atomic mass is 10.2. The fraction of sp³-hybridized carbons (Fsp3) is 0.300. The van der Waals surface area contributed by atoms with E-state index in [9.17, 15) is 9.59 Å². The van der Waals surface area contributed by atoms with E-state index in [-0.39, 0.29) is 25.3 Å². The van der Waals surface area contributed by atoms with Gasteiger partial charge in [-0.3, -0.25) is 9.59 Å². The predicted molar refractivity (Wildman–Crippen MR) is 102 cm³/mol. The molecule has 7 heteroatoms. The second kappa shape index (κ2) is 10.4. The van der Waals surface area contributed by atoms with Gasteiger partial charge in [-0.05, 0) is 30.7 Å². The number of hydrogen-bond acceptors (Lipinski definition) is 4. The van der Waals surface area contributed by atoms with E-state index in [0.717, 1.165) is 11.1 Å². The standard InChI is InChI=1S/C20H22ClNO5/c1-2-26-18-11-14(12-22-19(23)9-10-20(24)25)7-8-17(18)27-13-15-5-3-4-6-16(15)21/h3-8,11H,2,9-10,12-13H2,1H3,(H,22,23)(H,24,25). The lowest BCUT2D eigenvalue weighted by molar-refractivity contribution is -0.138. The monoisotopic (exact) mass is 391 g/mol. The topological polar surface area (TPSA) is 84.9 Å². The molecule has 0 radical (unpaired) electrons. The van der Waals surface area contributed by atoms with E-state index >= 15 is 0 Å². The van der Waals surface area contributed by atoms with Crippen LogP contribution in [0, 0.1) is 0 Å². The zero-order chi connectivity index (χ0) is 19.6. The Kier molecular flexibility index (Phi) is 7.95. The van der Waals surface area contributed by atoms with Gasteiger partial charge in [0, 0.05) is 23.6 Å². The summed E-state index contributed by atoms with van der Waals surface area (Å²) in [5.74, 6) is -0.155. The molecule has 0 aliphatic rings. The van der Waals surface area contributed by atoms with E-state index in [1.54, 1.807) is 18.2 Å². The molecule has 0 aliphatic heterocycles. The van der Waals surface area contributed by atoms with Crippen LogP contribution in [0.3, 0.4) is 0 Å². The van der Waals surface area contributed by atoms with Crippen molar-refractivity contribution >= 4 is 23.5 Å². The Morgan fingerprint density at radius 1 is 1.07 bits per heavy atom. The third-order valence-corrected chi connectivity index (χ3v) is 4.07. The van der Waals surface area contributed by atoms with Gasteiger partial charge in [0.15, 0.2) is 11.5 Å². The summed E-state index contributed by atoms with van der Waals surface area (Å²) in [6.07, 6.45) is -0.239. The number of aliphatic carboxylic acids is 1. The van der Waals surface area contributed by atoms with Crippen molar-refractivity contribution in [2.24, 2.45) is 0 Å². The highest BCUT2D eigenvalue weighted by Gasteiger charge is 2.10. The summed E-state index contributed by atoms with van der Waals surface area (Å²) >= 11 is 6.14. The zero-order valence-corrected chi connectivity index (χ0v) is 15.8. The van der Waals surface area contributed by atoms with Crippen molar-refractivity contribution in [2.75, 3.05) is 6.61 Å². The molecule has 0 unspecified atom stereocenters. The number of hydrogen-bond donors (Lipinski definition) is 2. The summed E-state index contributed by atoms with van der Waals surface area (Å²) in [6, 6.07) is 12.8. The van der Waals surface area contributed by atoms with Gasteiger partial charge in [0.05, 0.1) is 13.0 Å². The summed E-state index contributed by atoms with van der Waals surface area (Å²) in [5.41, 5.74) is 1.70. The molecule has 0 aromatic heterocycles. The highest BCUT2D eigenvalue weighted by molar-refractivity contribution is 6.31. The lowest BCUT2D eigenvalue weighted by Crippen LogP contribution is -2.23. The largest absolute Gasteiger partial charge is 0.490 e. The van der Waals surface area contributed by atoms with Gasteiger partial charge in [-0.25, -0.2) is 0 Å². The normalized spacial score (nSPS) is 10.3. The summed E-state index contributed by atoms with van der Waals surface area (Å²) in [5, 5.41) is 11.9. The first-order valence-electron chi connectivity index (χ1n) is 8.60. The smallest absolute Gasteiger partial charge is 0.303 e. The van der Waals surface area contributed by atoms with Crippen molar-refractivity contribution in [3.05, 3.63) is 58.6 Å². The van der Waals surface area contributed by atoms with Gasteiger partial charge in [0.2, 0.25) is 5.91 Å². The Hall–Kier alpha value is -2.73. The molecule has 0 atom stereocenters. The predicted octanol–water partition coefficient (Wildman–Crippen LogP) is 3.80. The van der Waals surface area contributed by atoms with Crippen LogP contribution >= 0.6 is 11.6 Å². The summed E-state index contributed by atoms with van der Waals surface area (Å²) in [6.45, 7) is 2.93. The van der Waals surface area contributed by atoms with Crippen LogP contribution in [0.1, 0.15) is 30.9 Å². The number of carbonyl (C=O) groups is 2. The van der Waals surface area contributed by atoms with Crippen molar-refractivity contribution in [1.29, 1.82) is 0 Å². The zero-order valence-electron chi connectivity index (χ0n) is 15.0. The second-order valence-electron chi connectivity index (χ2n) is 5.76. The van der Waals surface area contributed by atoms with E-state index in [0.29, 0.717) is 29.7 Å². The molecular weight excluding hydrogens is 370 g/mol. The maximum atomic E-state index is 11.6. The minimum Gasteiger partial charge on any atom is -0.490 e. The summed E-state index contributed by atoms with van der Waals surface area (Å²) in [4.78, 5) is 22.1. The lowest BCUT2D eigenvalue weighted by Gasteiger charge is -2.14. The summed E-state index contributed by atoms with van der Waals surface area (Å²) < 4.78 is 11.5. The Bertz CT molecular complexity index is 794. The number of carboxylic acids is 1. The Balaban J connectivity index is 1.99. The molecule has 144 valence electrons. The van der Waals surface area contributed by atoms with Gasteiger partial charge in [-0.2, -0.15) is 0 Å². The van der Waals surface area contributed by atoms with Crippen molar-refractivity contribution in [3.63, 3.8) is 0 Å². The van der Waals surface area contributed by atoms with Crippen LogP contribution in [-0.4, -0.2) is 23.6 Å². The number of benzene rings is 2. The van der Waals surface area contributed by atoms with Crippen LogP contribution in [0.5, 0.6) is 11.5 Å². The first-order valence-corrected chi connectivity index (χ1v) is 8.97. The molecule has 0 saturated carbocycles. The van der Waals surface area contributed by atoms with Crippen molar-refractivity contribution < 1.29 is 24.2 Å².